The van der Waals surface area contributed by atoms with Crippen LogP contribution in [0.4, 0.5) is 5.69 Å². The molecule has 0 radical (unpaired) electrons. The van der Waals surface area contributed by atoms with Crippen LogP contribution in [0.5, 0.6) is 5.75 Å². The Morgan fingerprint density at radius 1 is 1.37 bits per heavy atom. The highest BCUT2D eigenvalue weighted by Crippen LogP contribution is 2.21. The van der Waals surface area contributed by atoms with E-state index in [1.165, 1.54) is 19.3 Å². The number of carbonyl (C=O) groups excluding carboxylic acids is 1. The predicted molar refractivity (Wildman–Crippen MR) is 76.1 cm³/mol. The van der Waals surface area contributed by atoms with Crippen LogP contribution in [0, 0.1) is 6.92 Å². The lowest BCUT2D eigenvalue weighted by atomic mass is 9.95. The number of aryl methyl sites for hydroxylation is 1. The highest BCUT2D eigenvalue weighted by Gasteiger charge is 2.15. The third-order valence-electron chi connectivity index (χ3n) is 3.54. The molecule has 1 aliphatic carbocycles. The van der Waals surface area contributed by atoms with E-state index in [0.717, 1.165) is 18.4 Å². The van der Waals surface area contributed by atoms with Gasteiger partial charge in [0.2, 0.25) is 0 Å². The van der Waals surface area contributed by atoms with Gasteiger partial charge in [-0.1, -0.05) is 25.3 Å². The number of carbonyl (C=O) groups is 1. The summed E-state index contributed by atoms with van der Waals surface area (Å²) in [6, 6.07) is 5.80. The molecular formula is C15H22N2O2. The molecule has 1 aliphatic rings. The summed E-state index contributed by atoms with van der Waals surface area (Å²) in [6.07, 6.45) is 5.87. The normalized spacial score (nSPS) is 16.1. The van der Waals surface area contributed by atoms with E-state index in [4.69, 9.17) is 10.5 Å². The standard InChI is InChI=1S/C15H22N2O2/c1-11-7-8-12(16)9-14(11)19-10-15(18)17-13-5-3-2-4-6-13/h7-9,13H,2-6,10,16H2,1H3,(H,17,18). The zero-order valence-corrected chi connectivity index (χ0v) is 11.4. The predicted octanol–water partition coefficient (Wildman–Crippen LogP) is 2.40. The summed E-state index contributed by atoms with van der Waals surface area (Å²) in [7, 11) is 0. The molecule has 1 aromatic carbocycles. The van der Waals surface area contributed by atoms with Crippen molar-refractivity contribution in [2.75, 3.05) is 12.3 Å². The third kappa shape index (κ3) is 4.16. The lowest BCUT2D eigenvalue weighted by molar-refractivity contribution is -0.124. The number of ether oxygens (including phenoxy) is 1. The molecule has 0 heterocycles. The van der Waals surface area contributed by atoms with Gasteiger partial charge in [-0.3, -0.25) is 4.79 Å². The van der Waals surface area contributed by atoms with Crippen molar-refractivity contribution in [2.24, 2.45) is 0 Å². The molecule has 1 aromatic rings. The van der Waals surface area contributed by atoms with Crippen molar-refractivity contribution in [3.63, 3.8) is 0 Å². The van der Waals surface area contributed by atoms with Crippen molar-refractivity contribution in [2.45, 2.75) is 45.1 Å². The Morgan fingerprint density at radius 3 is 2.84 bits per heavy atom. The van der Waals surface area contributed by atoms with Gasteiger partial charge in [0.05, 0.1) is 0 Å². The quantitative estimate of drug-likeness (QED) is 0.819. The molecule has 0 bridgehead atoms. The minimum absolute atomic E-state index is 0.0475. The molecule has 104 valence electrons. The van der Waals surface area contributed by atoms with E-state index >= 15 is 0 Å². The number of amides is 1. The highest BCUT2D eigenvalue weighted by atomic mass is 16.5. The summed E-state index contributed by atoms with van der Waals surface area (Å²) >= 11 is 0. The molecule has 19 heavy (non-hydrogen) atoms. The number of nitrogen functional groups attached to an aromatic ring is 1. The summed E-state index contributed by atoms with van der Waals surface area (Å²) in [6.45, 7) is 1.99. The molecule has 4 nitrogen and oxygen atoms in total. The molecule has 2 rings (SSSR count). The Hall–Kier alpha value is -1.71. The van der Waals surface area contributed by atoms with Crippen molar-refractivity contribution in [3.05, 3.63) is 23.8 Å². The van der Waals surface area contributed by atoms with E-state index in [0.29, 0.717) is 17.5 Å². The van der Waals surface area contributed by atoms with Gasteiger partial charge in [0.1, 0.15) is 5.75 Å². The van der Waals surface area contributed by atoms with Crippen LogP contribution in [-0.2, 0) is 4.79 Å². The van der Waals surface area contributed by atoms with E-state index in [1.807, 2.05) is 19.1 Å². The molecule has 1 saturated carbocycles. The monoisotopic (exact) mass is 262 g/mol. The van der Waals surface area contributed by atoms with E-state index < -0.39 is 0 Å². The molecule has 3 N–H and O–H groups in total. The van der Waals surface area contributed by atoms with Gasteiger partial charge in [-0.15, -0.1) is 0 Å². The van der Waals surface area contributed by atoms with Crippen LogP contribution in [0.1, 0.15) is 37.7 Å². The first-order valence-electron chi connectivity index (χ1n) is 6.93. The first kappa shape index (κ1) is 13.7. The van der Waals surface area contributed by atoms with Gasteiger partial charge in [-0.2, -0.15) is 0 Å². The zero-order valence-electron chi connectivity index (χ0n) is 11.4. The maximum absolute atomic E-state index is 11.8. The van der Waals surface area contributed by atoms with Crippen LogP contribution in [0.3, 0.4) is 0 Å². The molecule has 4 heteroatoms. The number of benzene rings is 1. The van der Waals surface area contributed by atoms with Crippen LogP contribution < -0.4 is 15.8 Å². The van der Waals surface area contributed by atoms with Gasteiger partial charge in [0.15, 0.2) is 6.61 Å². The number of hydrogen-bond acceptors (Lipinski definition) is 3. The SMILES string of the molecule is Cc1ccc(N)cc1OCC(=O)NC1CCCCC1. The minimum Gasteiger partial charge on any atom is -0.483 e. The fourth-order valence-electron chi connectivity index (χ4n) is 2.43. The average molecular weight is 262 g/mol. The molecule has 0 spiro atoms. The van der Waals surface area contributed by atoms with E-state index in [9.17, 15) is 4.79 Å². The molecule has 0 atom stereocenters. The van der Waals surface area contributed by atoms with Crippen molar-refractivity contribution >= 4 is 11.6 Å². The lowest BCUT2D eigenvalue weighted by Crippen LogP contribution is -2.39. The Labute approximate surface area is 114 Å². The van der Waals surface area contributed by atoms with Crippen molar-refractivity contribution < 1.29 is 9.53 Å². The first-order valence-corrected chi connectivity index (χ1v) is 6.93. The van der Waals surface area contributed by atoms with E-state index in [-0.39, 0.29) is 12.5 Å². The summed E-state index contributed by atoms with van der Waals surface area (Å²) in [5.41, 5.74) is 7.34. The summed E-state index contributed by atoms with van der Waals surface area (Å²) < 4.78 is 5.53. The molecule has 0 saturated heterocycles. The zero-order chi connectivity index (χ0) is 13.7. The van der Waals surface area contributed by atoms with Crippen molar-refractivity contribution in [3.8, 4) is 5.75 Å². The van der Waals surface area contributed by atoms with Gasteiger partial charge in [-0.05, 0) is 31.4 Å². The van der Waals surface area contributed by atoms with Crippen LogP contribution in [0.2, 0.25) is 0 Å². The fraction of sp³-hybridized carbons (Fsp3) is 0.533. The van der Waals surface area contributed by atoms with Crippen LogP contribution >= 0.6 is 0 Å². The van der Waals surface area contributed by atoms with Gasteiger partial charge in [0.25, 0.3) is 5.91 Å². The van der Waals surface area contributed by atoms with Gasteiger partial charge in [0, 0.05) is 17.8 Å². The lowest BCUT2D eigenvalue weighted by Gasteiger charge is -2.22. The molecule has 1 fully saturated rings. The first-order chi connectivity index (χ1) is 9.15. The smallest absolute Gasteiger partial charge is 0.258 e. The van der Waals surface area contributed by atoms with E-state index in [2.05, 4.69) is 5.32 Å². The third-order valence-corrected chi connectivity index (χ3v) is 3.54. The Bertz CT molecular complexity index is 440. The van der Waals surface area contributed by atoms with Crippen molar-refractivity contribution in [1.29, 1.82) is 0 Å². The fourth-order valence-corrected chi connectivity index (χ4v) is 2.43. The summed E-state index contributed by atoms with van der Waals surface area (Å²) in [5.74, 6) is 0.632. The molecular weight excluding hydrogens is 240 g/mol. The summed E-state index contributed by atoms with van der Waals surface area (Å²) in [4.78, 5) is 11.8. The van der Waals surface area contributed by atoms with Crippen LogP contribution in [0.15, 0.2) is 18.2 Å². The van der Waals surface area contributed by atoms with E-state index in [1.54, 1.807) is 6.07 Å². The second-order valence-corrected chi connectivity index (χ2v) is 5.22. The Balaban J connectivity index is 1.81. The number of rotatable bonds is 4. The number of nitrogens with one attached hydrogen (secondary N) is 1. The van der Waals surface area contributed by atoms with Crippen LogP contribution in [-0.4, -0.2) is 18.6 Å². The maximum atomic E-state index is 11.8. The Kier molecular flexibility index (Phi) is 4.66. The number of hydrogen-bond donors (Lipinski definition) is 2. The van der Waals surface area contributed by atoms with Crippen LogP contribution in [0.25, 0.3) is 0 Å². The van der Waals surface area contributed by atoms with Gasteiger partial charge >= 0.3 is 0 Å². The van der Waals surface area contributed by atoms with Gasteiger partial charge < -0.3 is 15.8 Å². The summed E-state index contributed by atoms with van der Waals surface area (Å²) in [5, 5.41) is 3.03. The maximum Gasteiger partial charge on any atom is 0.258 e. The minimum atomic E-state index is -0.0475. The van der Waals surface area contributed by atoms with Crippen molar-refractivity contribution in [1.82, 2.24) is 5.32 Å². The number of anilines is 1. The molecule has 0 aromatic heterocycles. The topological polar surface area (TPSA) is 64.3 Å². The molecule has 0 unspecified atom stereocenters. The average Bonchev–Trinajstić information content (AvgIpc) is 2.41. The number of nitrogens with two attached hydrogens (primary N) is 1. The Morgan fingerprint density at radius 2 is 2.11 bits per heavy atom. The van der Waals surface area contributed by atoms with Gasteiger partial charge in [-0.25, -0.2) is 0 Å². The second-order valence-electron chi connectivity index (χ2n) is 5.22. The molecule has 1 amide bonds. The highest BCUT2D eigenvalue weighted by molar-refractivity contribution is 5.77. The largest absolute Gasteiger partial charge is 0.483 e. The molecule has 0 aliphatic heterocycles. The second kappa shape index (κ2) is 6.45.